The number of nitrogens with one attached hydrogen (secondary N) is 2. The van der Waals surface area contributed by atoms with Crippen LogP contribution in [0, 0.1) is 0 Å². The monoisotopic (exact) mass is 470 g/mol. The Morgan fingerprint density at radius 1 is 0.848 bits per heavy atom. The van der Waals surface area contributed by atoms with E-state index in [0.29, 0.717) is 30.2 Å². The van der Waals surface area contributed by atoms with Crippen molar-refractivity contribution >= 4 is 27.3 Å². The van der Waals surface area contributed by atoms with Gasteiger partial charge in [0.2, 0.25) is 5.91 Å². The molecule has 0 radical (unpaired) electrons. The Labute approximate surface area is 193 Å². The fourth-order valence-corrected chi connectivity index (χ4v) is 4.13. The summed E-state index contributed by atoms with van der Waals surface area (Å²) in [6, 6.07) is 20.3. The molecule has 0 spiro atoms. The van der Waals surface area contributed by atoms with E-state index >= 15 is 0 Å². The van der Waals surface area contributed by atoms with Gasteiger partial charge < -0.3 is 19.5 Å². The molecule has 0 aliphatic heterocycles. The van der Waals surface area contributed by atoms with Gasteiger partial charge in [-0.15, -0.1) is 0 Å². The van der Waals surface area contributed by atoms with E-state index in [0.717, 1.165) is 5.75 Å². The van der Waals surface area contributed by atoms with E-state index in [1.165, 1.54) is 32.4 Å². The van der Waals surface area contributed by atoms with Gasteiger partial charge in [-0.25, -0.2) is 8.42 Å². The van der Waals surface area contributed by atoms with Gasteiger partial charge in [0.05, 0.1) is 37.1 Å². The van der Waals surface area contributed by atoms with Crippen molar-refractivity contribution in [1.82, 2.24) is 0 Å². The molecule has 0 bridgehead atoms. The van der Waals surface area contributed by atoms with Crippen LogP contribution in [0.25, 0.3) is 0 Å². The maximum atomic E-state index is 12.9. The van der Waals surface area contributed by atoms with Gasteiger partial charge in [0.1, 0.15) is 17.2 Å². The molecule has 0 fully saturated rings. The van der Waals surface area contributed by atoms with Crippen molar-refractivity contribution in [3.8, 4) is 17.2 Å². The molecule has 0 atom stereocenters. The first-order valence-corrected chi connectivity index (χ1v) is 11.7. The average molecular weight is 471 g/mol. The van der Waals surface area contributed by atoms with Crippen molar-refractivity contribution < 1.29 is 27.4 Å². The first kappa shape index (κ1) is 23.9. The molecule has 1 amide bonds. The number of ether oxygens (including phenoxy) is 3. The maximum absolute atomic E-state index is 12.9. The molecule has 3 aromatic rings. The number of anilines is 2. The highest BCUT2D eigenvalue weighted by Gasteiger charge is 2.19. The topological polar surface area (TPSA) is 103 Å². The number of carbonyl (C=O) groups is 1. The SMILES string of the molecule is COc1ccc(S(=O)(=O)Nc2ccccc2OC)cc1NC(=O)CCCOc1ccccc1. The summed E-state index contributed by atoms with van der Waals surface area (Å²) in [5.41, 5.74) is 0.564. The van der Waals surface area contributed by atoms with Gasteiger partial charge in [0.15, 0.2) is 0 Å². The molecule has 0 unspecified atom stereocenters. The molecule has 2 N–H and O–H groups in total. The Hall–Kier alpha value is -3.72. The van der Waals surface area contributed by atoms with Crippen molar-refractivity contribution in [2.24, 2.45) is 0 Å². The first-order chi connectivity index (χ1) is 15.9. The fourth-order valence-electron chi connectivity index (χ4n) is 3.04. The zero-order valence-electron chi connectivity index (χ0n) is 18.4. The lowest BCUT2D eigenvalue weighted by Gasteiger charge is -2.14. The van der Waals surface area contributed by atoms with Crippen LogP contribution in [0.1, 0.15) is 12.8 Å². The number of amides is 1. The van der Waals surface area contributed by atoms with Gasteiger partial charge in [-0.2, -0.15) is 0 Å². The van der Waals surface area contributed by atoms with E-state index in [-0.39, 0.29) is 22.9 Å². The third-order valence-electron chi connectivity index (χ3n) is 4.67. The molecule has 0 aliphatic carbocycles. The lowest BCUT2D eigenvalue weighted by atomic mass is 10.2. The number of hydrogen-bond acceptors (Lipinski definition) is 6. The molecular formula is C24H26N2O6S. The molecule has 0 aliphatic rings. The highest BCUT2D eigenvalue weighted by atomic mass is 32.2. The Balaban J connectivity index is 1.66. The largest absolute Gasteiger partial charge is 0.495 e. The summed E-state index contributed by atoms with van der Waals surface area (Å²) in [6.07, 6.45) is 0.697. The number of sulfonamides is 1. The lowest BCUT2D eigenvalue weighted by Crippen LogP contribution is -2.16. The molecule has 8 nitrogen and oxygen atoms in total. The summed E-state index contributed by atoms with van der Waals surface area (Å²) < 4.78 is 44.4. The van der Waals surface area contributed by atoms with Crippen LogP contribution in [0.2, 0.25) is 0 Å². The molecular weight excluding hydrogens is 444 g/mol. The van der Waals surface area contributed by atoms with E-state index in [1.807, 2.05) is 30.3 Å². The van der Waals surface area contributed by atoms with Crippen LogP contribution in [0.5, 0.6) is 17.2 Å². The van der Waals surface area contributed by atoms with Crippen LogP contribution in [-0.2, 0) is 14.8 Å². The third kappa shape index (κ3) is 6.63. The van der Waals surface area contributed by atoms with Gasteiger partial charge in [-0.1, -0.05) is 30.3 Å². The first-order valence-electron chi connectivity index (χ1n) is 10.2. The van der Waals surface area contributed by atoms with Crippen LogP contribution in [0.15, 0.2) is 77.7 Å². The smallest absolute Gasteiger partial charge is 0.262 e. The fraction of sp³-hybridized carbons (Fsp3) is 0.208. The standard InChI is InChI=1S/C24H26N2O6S/c1-30-22-12-7-6-11-20(22)26-33(28,29)19-14-15-23(31-2)21(17-19)25-24(27)13-8-16-32-18-9-4-3-5-10-18/h3-7,9-12,14-15,17,26H,8,13,16H2,1-2H3,(H,25,27). The zero-order chi connectivity index (χ0) is 23.7. The van der Waals surface area contributed by atoms with Crippen molar-refractivity contribution in [3.63, 3.8) is 0 Å². The van der Waals surface area contributed by atoms with Crippen molar-refractivity contribution in [2.75, 3.05) is 30.9 Å². The Bertz CT molecular complexity index is 1180. The van der Waals surface area contributed by atoms with Crippen LogP contribution in [-0.4, -0.2) is 35.2 Å². The molecule has 0 aromatic heterocycles. The van der Waals surface area contributed by atoms with Crippen molar-refractivity contribution in [3.05, 3.63) is 72.8 Å². The molecule has 174 valence electrons. The number of hydrogen-bond donors (Lipinski definition) is 2. The summed E-state index contributed by atoms with van der Waals surface area (Å²) in [6.45, 7) is 0.381. The predicted octanol–water partition coefficient (Wildman–Crippen LogP) is 4.30. The lowest BCUT2D eigenvalue weighted by molar-refractivity contribution is -0.116. The van der Waals surface area contributed by atoms with Crippen LogP contribution < -0.4 is 24.2 Å². The Morgan fingerprint density at radius 2 is 1.52 bits per heavy atom. The number of para-hydroxylation sites is 3. The maximum Gasteiger partial charge on any atom is 0.262 e. The van der Waals surface area contributed by atoms with Crippen LogP contribution >= 0.6 is 0 Å². The minimum Gasteiger partial charge on any atom is -0.495 e. The summed E-state index contributed by atoms with van der Waals surface area (Å²) in [5, 5.41) is 2.72. The second-order valence-electron chi connectivity index (χ2n) is 6.98. The van der Waals surface area contributed by atoms with Gasteiger partial charge in [0, 0.05) is 6.42 Å². The van der Waals surface area contributed by atoms with Crippen LogP contribution in [0.4, 0.5) is 11.4 Å². The van der Waals surface area contributed by atoms with E-state index in [9.17, 15) is 13.2 Å². The average Bonchev–Trinajstić information content (AvgIpc) is 2.82. The summed E-state index contributed by atoms with van der Waals surface area (Å²) in [5.74, 6) is 1.19. The van der Waals surface area contributed by atoms with Gasteiger partial charge in [0.25, 0.3) is 10.0 Å². The third-order valence-corrected chi connectivity index (χ3v) is 6.03. The van der Waals surface area contributed by atoms with Crippen molar-refractivity contribution in [2.45, 2.75) is 17.7 Å². The molecule has 9 heteroatoms. The van der Waals surface area contributed by atoms with Gasteiger partial charge in [-0.3, -0.25) is 9.52 Å². The molecule has 0 saturated carbocycles. The molecule has 3 rings (SSSR count). The number of carbonyl (C=O) groups excluding carboxylic acids is 1. The summed E-state index contributed by atoms with van der Waals surface area (Å²) >= 11 is 0. The minimum absolute atomic E-state index is 0.0306. The highest BCUT2D eigenvalue weighted by molar-refractivity contribution is 7.92. The highest BCUT2D eigenvalue weighted by Crippen LogP contribution is 2.30. The van der Waals surface area contributed by atoms with Gasteiger partial charge >= 0.3 is 0 Å². The summed E-state index contributed by atoms with van der Waals surface area (Å²) in [4.78, 5) is 12.4. The minimum atomic E-state index is -3.94. The second-order valence-corrected chi connectivity index (χ2v) is 8.66. The quantitative estimate of drug-likeness (QED) is 0.405. The Kier molecular flexibility index (Phi) is 8.15. The second kappa shape index (κ2) is 11.2. The number of methoxy groups -OCH3 is 2. The van der Waals surface area contributed by atoms with E-state index < -0.39 is 10.0 Å². The number of benzene rings is 3. The van der Waals surface area contributed by atoms with Crippen LogP contribution in [0.3, 0.4) is 0 Å². The van der Waals surface area contributed by atoms with Crippen molar-refractivity contribution in [1.29, 1.82) is 0 Å². The normalized spacial score (nSPS) is 10.8. The Morgan fingerprint density at radius 3 is 2.24 bits per heavy atom. The zero-order valence-corrected chi connectivity index (χ0v) is 19.2. The van der Waals surface area contributed by atoms with Gasteiger partial charge in [-0.05, 0) is 48.9 Å². The molecule has 0 heterocycles. The molecule has 3 aromatic carbocycles. The number of rotatable bonds is 11. The molecule has 0 saturated heterocycles. The predicted molar refractivity (Wildman–Crippen MR) is 127 cm³/mol. The van der Waals surface area contributed by atoms with E-state index in [2.05, 4.69) is 10.0 Å². The summed E-state index contributed by atoms with van der Waals surface area (Å²) in [7, 11) is -1.04. The van der Waals surface area contributed by atoms with E-state index in [1.54, 1.807) is 24.3 Å². The van der Waals surface area contributed by atoms with E-state index in [4.69, 9.17) is 14.2 Å². The molecule has 33 heavy (non-hydrogen) atoms.